The topological polar surface area (TPSA) is 85.9 Å². The van der Waals surface area contributed by atoms with E-state index in [1.807, 2.05) is 12.1 Å². The highest BCUT2D eigenvalue weighted by Gasteiger charge is 2.23. The number of rotatable bonds is 8. The molecule has 7 heteroatoms. The summed E-state index contributed by atoms with van der Waals surface area (Å²) in [5.74, 6) is 0.547. The molecule has 0 aliphatic heterocycles. The van der Waals surface area contributed by atoms with Crippen molar-refractivity contribution in [1.29, 1.82) is 0 Å². The van der Waals surface area contributed by atoms with Gasteiger partial charge in [-0.3, -0.25) is 9.59 Å². The molecule has 2 N–H and O–H groups in total. The molecular formula is C24H24N2O5. The second kappa shape index (κ2) is 10.2. The number of benzene rings is 3. The summed E-state index contributed by atoms with van der Waals surface area (Å²) in [4.78, 5) is 25.7. The summed E-state index contributed by atoms with van der Waals surface area (Å²) in [7, 11) is 4.51. The van der Waals surface area contributed by atoms with Crippen molar-refractivity contribution in [3.8, 4) is 17.2 Å². The molecule has 0 atom stereocenters. The van der Waals surface area contributed by atoms with Crippen molar-refractivity contribution in [2.75, 3.05) is 21.3 Å². The molecule has 0 heterocycles. The number of methoxy groups -OCH3 is 3. The third kappa shape index (κ3) is 5.14. The maximum absolute atomic E-state index is 12.8. The molecule has 0 aromatic heterocycles. The molecule has 0 fully saturated rings. The third-order valence-corrected chi connectivity index (χ3v) is 4.64. The van der Waals surface area contributed by atoms with Gasteiger partial charge >= 0.3 is 0 Å². The minimum atomic E-state index is -0.853. The summed E-state index contributed by atoms with van der Waals surface area (Å²) in [6.07, 6.45) is -0.853. The van der Waals surface area contributed by atoms with Crippen LogP contribution in [0.4, 0.5) is 0 Å². The zero-order valence-corrected chi connectivity index (χ0v) is 17.5. The van der Waals surface area contributed by atoms with E-state index in [1.165, 1.54) is 21.3 Å². The van der Waals surface area contributed by atoms with E-state index >= 15 is 0 Å². The normalized spacial score (nSPS) is 10.3. The van der Waals surface area contributed by atoms with Gasteiger partial charge in [0.25, 0.3) is 11.8 Å². The number of hydrogen-bond donors (Lipinski definition) is 2. The Morgan fingerprint density at radius 3 is 1.45 bits per heavy atom. The van der Waals surface area contributed by atoms with Crippen LogP contribution in [0.5, 0.6) is 17.2 Å². The van der Waals surface area contributed by atoms with E-state index < -0.39 is 6.17 Å². The van der Waals surface area contributed by atoms with Crippen LogP contribution in [-0.2, 0) is 0 Å². The predicted molar refractivity (Wildman–Crippen MR) is 117 cm³/mol. The summed E-state index contributed by atoms with van der Waals surface area (Å²) in [5.41, 5.74) is 1.49. The Hall–Kier alpha value is -4.00. The summed E-state index contributed by atoms with van der Waals surface area (Å²) in [6.45, 7) is 0. The molecule has 0 spiro atoms. The van der Waals surface area contributed by atoms with Crippen molar-refractivity contribution >= 4 is 11.8 Å². The SMILES string of the molecule is COc1cc(C(NC(=O)c2ccccc2)NC(=O)c2ccccc2)cc(OC)c1OC. The number of ether oxygens (including phenoxy) is 3. The fourth-order valence-corrected chi connectivity index (χ4v) is 3.08. The Morgan fingerprint density at radius 2 is 1.10 bits per heavy atom. The summed E-state index contributed by atoms with van der Waals surface area (Å²) >= 11 is 0. The average molecular weight is 420 g/mol. The van der Waals surface area contributed by atoms with Crippen LogP contribution in [-0.4, -0.2) is 33.1 Å². The Bertz CT molecular complexity index is 960. The van der Waals surface area contributed by atoms with E-state index in [9.17, 15) is 9.59 Å². The molecule has 0 radical (unpaired) electrons. The number of nitrogens with one attached hydrogen (secondary N) is 2. The Labute approximate surface area is 180 Å². The van der Waals surface area contributed by atoms with Crippen LogP contribution >= 0.6 is 0 Å². The van der Waals surface area contributed by atoms with Gasteiger partial charge in [-0.15, -0.1) is 0 Å². The first-order valence-electron chi connectivity index (χ1n) is 9.59. The Kier molecular flexibility index (Phi) is 7.11. The van der Waals surface area contributed by atoms with Crippen molar-refractivity contribution in [2.24, 2.45) is 0 Å². The van der Waals surface area contributed by atoms with Gasteiger partial charge in [-0.2, -0.15) is 0 Å². The quantitative estimate of drug-likeness (QED) is 0.544. The maximum Gasteiger partial charge on any atom is 0.253 e. The first-order valence-corrected chi connectivity index (χ1v) is 9.59. The van der Waals surface area contributed by atoms with Gasteiger partial charge in [0.05, 0.1) is 21.3 Å². The van der Waals surface area contributed by atoms with E-state index in [2.05, 4.69) is 10.6 Å². The monoisotopic (exact) mass is 420 g/mol. The van der Waals surface area contributed by atoms with Gasteiger partial charge in [0, 0.05) is 16.7 Å². The molecule has 0 saturated carbocycles. The van der Waals surface area contributed by atoms with E-state index in [0.717, 1.165) is 0 Å². The van der Waals surface area contributed by atoms with Crippen LogP contribution < -0.4 is 24.8 Å². The van der Waals surface area contributed by atoms with Crippen molar-refractivity contribution in [3.05, 3.63) is 89.5 Å². The Balaban J connectivity index is 1.98. The summed E-state index contributed by atoms with van der Waals surface area (Å²) in [5, 5.41) is 5.74. The highest BCUT2D eigenvalue weighted by Crippen LogP contribution is 2.39. The maximum atomic E-state index is 12.8. The minimum absolute atomic E-state index is 0.340. The highest BCUT2D eigenvalue weighted by molar-refractivity contribution is 5.96. The zero-order chi connectivity index (χ0) is 22.2. The van der Waals surface area contributed by atoms with Crippen LogP contribution in [0.2, 0.25) is 0 Å². The number of carbonyl (C=O) groups is 2. The molecule has 31 heavy (non-hydrogen) atoms. The van der Waals surface area contributed by atoms with Gasteiger partial charge in [0.15, 0.2) is 11.5 Å². The molecule has 7 nitrogen and oxygen atoms in total. The second-order valence-corrected chi connectivity index (χ2v) is 6.57. The predicted octanol–water partition coefficient (Wildman–Crippen LogP) is 3.57. The fraction of sp³-hybridized carbons (Fsp3) is 0.167. The lowest BCUT2D eigenvalue weighted by atomic mass is 10.1. The molecule has 3 rings (SSSR count). The molecule has 0 unspecified atom stereocenters. The highest BCUT2D eigenvalue weighted by atomic mass is 16.5. The molecule has 0 aliphatic rings. The number of amides is 2. The van der Waals surface area contributed by atoms with Gasteiger partial charge in [0.1, 0.15) is 6.17 Å². The minimum Gasteiger partial charge on any atom is -0.493 e. The van der Waals surface area contributed by atoms with Crippen LogP contribution in [0, 0.1) is 0 Å². The first kappa shape index (κ1) is 21.7. The number of hydrogen-bond acceptors (Lipinski definition) is 5. The van der Waals surface area contributed by atoms with Crippen LogP contribution in [0.25, 0.3) is 0 Å². The van der Waals surface area contributed by atoms with Crippen LogP contribution in [0.15, 0.2) is 72.8 Å². The largest absolute Gasteiger partial charge is 0.493 e. The smallest absolute Gasteiger partial charge is 0.253 e. The Morgan fingerprint density at radius 1 is 0.677 bits per heavy atom. The van der Waals surface area contributed by atoms with E-state index in [1.54, 1.807) is 60.7 Å². The molecule has 0 aliphatic carbocycles. The van der Waals surface area contributed by atoms with Gasteiger partial charge in [-0.05, 0) is 36.4 Å². The lowest BCUT2D eigenvalue weighted by Gasteiger charge is -2.23. The van der Waals surface area contributed by atoms with Crippen LogP contribution in [0.1, 0.15) is 32.4 Å². The molecule has 0 bridgehead atoms. The molecule has 3 aromatic carbocycles. The molecule has 0 saturated heterocycles. The summed E-state index contributed by atoms with van der Waals surface area (Å²) < 4.78 is 16.2. The lowest BCUT2D eigenvalue weighted by molar-refractivity contribution is 0.0883. The van der Waals surface area contributed by atoms with E-state index in [-0.39, 0.29) is 11.8 Å². The van der Waals surface area contributed by atoms with Gasteiger partial charge in [-0.1, -0.05) is 36.4 Å². The summed E-state index contributed by atoms with van der Waals surface area (Å²) in [6, 6.07) is 20.9. The number of carbonyl (C=O) groups excluding carboxylic acids is 2. The van der Waals surface area contributed by atoms with Crippen molar-refractivity contribution in [3.63, 3.8) is 0 Å². The van der Waals surface area contributed by atoms with E-state index in [0.29, 0.717) is 33.9 Å². The van der Waals surface area contributed by atoms with Crippen LogP contribution in [0.3, 0.4) is 0 Å². The third-order valence-electron chi connectivity index (χ3n) is 4.64. The second-order valence-electron chi connectivity index (χ2n) is 6.57. The lowest BCUT2D eigenvalue weighted by Crippen LogP contribution is -2.41. The first-order chi connectivity index (χ1) is 15.1. The van der Waals surface area contributed by atoms with Crippen molar-refractivity contribution < 1.29 is 23.8 Å². The van der Waals surface area contributed by atoms with Gasteiger partial charge in [0.2, 0.25) is 5.75 Å². The average Bonchev–Trinajstić information content (AvgIpc) is 2.83. The molecular weight excluding hydrogens is 396 g/mol. The molecule has 160 valence electrons. The van der Waals surface area contributed by atoms with Crippen molar-refractivity contribution in [2.45, 2.75) is 6.17 Å². The zero-order valence-electron chi connectivity index (χ0n) is 17.5. The van der Waals surface area contributed by atoms with Gasteiger partial charge < -0.3 is 24.8 Å². The van der Waals surface area contributed by atoms with Crippen molar-refractivity contribution in [1.82, 2.24) is 10.6 Å². The standard InChI is InChI=1S/C24H24N2O5/c1-29-19-14-18(15-20(30-2)21(19)31-3)22(25-23(27)16-10-6-4-7-11-16)26-24(28)17-12-8-5-9-13-17/h4-15,22H,1-3H3,(H,25,27)(H,26,28). The fourth-order valence-electron chi connectivity index (χ4n) is 3.08. The molecule has 3 aromatic rings. The van der Waals surface area contributed by atoms with Gasteiger partial charge in [-0.25, -0.2) is 0 Å². The van der Waals surface area contributed by atoms with E-state index in [4.69, 9.17) is 14.2 Å². The molecule has 2 amide bonds.